The number of ether oxygens (including phenoxy) is 1. The van der Waals surface area contributed by atoms with Crippen molar-refractivity contribution >= 4 is 6.08 Å². The lowest BCUT2D eigenvalue weighted by atomic mass is 9.97. The third-order valence-corrected chi connectivity index (χ3v) is 2.80. The summed E-state index contributed by atoms with van der Waals surface area (Å²) in [4.78, 5) is 0. The highest BCUT2D eigenvalue weighted by Gasteiger charge is 2.12. The second-order valence-electron chi connectivity index (χ2n) is 4.23. The van der Waals surface area contributed by atoms with Gasteiger partial charge in [-0.3, -0.25) is 0 Å². The molecule has 0 amide bonds. The summed E-state index contributed by atoms with van der Waals surface area (Å²) in [6.07, 6.45) is 8.04. The lowest BCUT2D eigenvalue weighted by molar-refractivity contribution is 0.263. The van der Waals surface area contributed by atoms with Gasteiger partial charge in [0.25, 0.3) is 0 Å². The highest BCUT2D eigenvalue weighted by molar-refractivity contribution is 5.52. The molecule has 1 aliphatic carbocycles. The number of rotatable bonds is 3. The zero-order valence-electron chi connectivity index (χ0n) is 10.2. The van der Waals surface area contributed by atoms with Gasteiger partial charge in [-0.1, -0.05) is 24.3 Å². The number of aliphatic hydroxyl groups excluding tert-OH is 1. The van der Waals surface area contributed by atoms with Gasteiger partial charge < -0.3 is 14.9 Å². The summed E-state index contributed by atoms with van der Waals surface area (Å²) < 4.78 is 5.15. The van der Waals surface area contributed by atoms with Crippen molar-refractivity contribution in [2.24, 2.45) is 5.92 Å². The van der Waals surface area contributed by atoms with Crippen molar-refractivity contribution in [3.05, 3.63) is 59.6 Å². The molecule has 0 aliphatic heterocycles. The van der Waals surface area contributed by atoms with E-state index < -0.39 is 0 Å². The zero-order chi connectivity index (χ0) is 13.0. The molecule has 0 spiro atoms. The molecule has 3 heteroatoms. The molecule has 0 aromatic heterocycles. The van der Waals surface area contributed by atoms with Gasteiger partial charge in [0.05, 0.1) is 7.11 Å². The van der Waals surface area contributed by atoms with E-state index in [1.807, 2.05) is 18.2 Å². The predicted molar refractivity (Wildman–Crippen MR) is 71.1 cm³/mol. The molecule has 2 N–H and O–H groups in total. The van der Waals surface area contributed by atoms with Crippen LogP contribution in [0.25, 0.3) is 6.08 Å². The number of benzene rings is 1. The molecule has 1 aromatic carbocycles. The fourth-order valence-electron chi connectivity index (χ4n) is 1.91. The normalized spacial score (nSPS) is 19.5. The van der Waals surface area contributed by atoms with Crippen LogP contribution in [-0.4, -0.2) is 17.3 Å². The molecule has 1 aliphatic rings. The van der Waals surface area contributed by atoms with E-state index in [-0.39, 0.29) is 17.4 Å². The van der Waals surface area contributed by atoms with E-state index in [4.69, 9.17) is 4.74 Å². The summed E-state index contributed by atoms with van der Waals surface area (Å²) in [5, 5.41) is 18.9. The number of aromatic hydroxyl groups is 1. The molecule has 1 aromatic rings. The van der Waals surface area contributed by atoms with E-state index in [1.165, 1.54) is 0 Å². The molecule has 0 heterocycles. The molecule has 0 radical (unpaired) electrons. The Kier molecular flexibility index (Phi) is 3.72. The fourth-order valence-corrected chi connectivity index (χ4v) is 1.91. The number of methoxy groups -OCH3 is 1. The van der Waals surface area contributed by atoms with E-state index >= 15 is 0 Å². The molecule has 94 valence electrons. The third-order valence-electron chi connectivity index (χ3n) is 2.80. The molecule has 1 atom stereocenters. The summed E-state index contributed by atoms with van der Waals surface area (Å²) in [5.41, 5.74) is 0.927. The number of phenols is 1. The first kappa shape index (κ1) is 12.3. The topological polar surface area (TPSA) is 49.7 Å². The van der Waals surface area contributed by atoms with Crippen molar-refractivity contribution in [2.45, 2.75) is 6.42 Å². The van der Waals surface area contributed by atoms with Crippen LogP contribution in [-0.2, 0) is 4.74 Å². The standard InChI is InChI=1S/C15H16O3/c1-18-15-9-12(8-14(17)10-15)6-5-11-3-2-4-13(16)7-11/h2-8,10,12,16-17H,9H2,1H3. The maximum atomic E-state index is 9.55. The summed E-state index contributed by atoms with van der Waals surface area (Å²) in [7, 11) is 1.60. The van der Waals surface area contributed by atoms with E-state index in [0.29, 0.717) is 0 Å². The van der Waals surface area contributed by atoms with E-state index in [1.54, 1.807) is 37.5 Å². The van der Waals surface area contributed by atoms with Crippen LogP contribution in [0.1, 0.15) is 12.0 Å². The second kappa shape index (κ2) is 5.45. The molecule has 0 fully saturated rings. The summed E-state index contributed by atoms with van der Waals surface area (Å²) in [6.45, 7) is 0. The highest BCUT2D eigenvalue weighted by atomic mass is 16.5. The van der Waals surface area contributed by atoms with Crippen LogP contribution in [0.15, 0.2) is 54.0 Å². The van der Waals surface area contributed by atoms with E-state index in [0.717, 1.165) is 17.7 Å². The van der Waals surface area contributed by atoms with Crippen LogP contribution in [0.3, 0.4) is 0 Å². The monoisotopic (exact) mass is 244 g/mol. The first-order chi connectivity index (χ1) is 8.67. The van der Waals surface area contributed by atoms with Crippen molar-refractivity contribution in [3.8, 4) is 5.75 Å². The Labute approximate surface area is 106 Å². The Morgan fingerprint density at radius 3 is 2.89 bits per heavy atom. The van der Waals surface area contributed by atoms with Crippen molar-refractivity contribution in [1.82, 2.24) is 0 Å². The van der Waals surface area contributed by atoms with Gasteiger partial charge >= 0.3 is 0 Å². The first-order valence-electron chi connectivity index (χ1n) is 5.80. The molecule has 0 saturated carbocycles. The first-order valence-corrected chi connectivity index (χ1v) is 5.80. The summed E-state index contributed by atoms with van der Waals surface area (Å²) in [6, 6.07) is 7.03. The minimum absolute atomic E-state index is 0.104. The average Bonchev–Trinajstić information content (AvgIpc) is 2.36. The Hall–Kier alpha value is -2.16. The Balaban J connectivity index is 2.09. The largest absolute Gasteiger partial charge is 0.508 e. The quantitative estimate of drug-likeness (QED) is 0.856. The van der Waals surface area contributed by atoms with Gasteiger partial charge in [-0.25, -0.2) is 0 Å². The van der Waals surface area contributed by atoms with Crippen LogP contribution >= 0.6 is 0 Å². The SMILES string of the molecule is COC1=CC(O)=CC(C=Cc2cccc(O)c2)C1. The van der Waals surface area contributed by atoms with Gasteiger partial charge in [0.15, 0.2) is 0 Å². The Morgan fingerprint density at radius 1 is 1.33 bits per heavy atom. The van der Waals surface area contributed by atoms with Crippen LogP contribution < -0.4 is 0 Å². The van der Waals surface area contributed by atoms with E-state index in [9.17, 15) is 10.2 Å². The number of hydrogen-bond donors (Lipinski definition) is 2. The van der Waals surface area contributed by atoms with Crippen LogP contribution in [0.2, 0.25) is 0 Å². The molecular formula is C15H16O3. The van der Waals surface area contributed by atoms with Crippen molar-refractivity contribution in [1.29, 1.82) is 0 Å². The summed E-state index contributed by atoms with van der Waals surface area (Å²) >= 11 is 0. The highest BCUT2D eigenvalue weighted by Crippen LogP contribution is 2.24. The van der Waals surface area contributed by atoms with Crippen molar-refractivity contribution in [2.75, 3.05) is 7.11 Å². The van der Waals surface area contributed by atoms with Crippen molar-refractivity contribution in [3.63, 3.8) is 0 Å². The van der Waals surface area contributed by atoms with Gasteiger partial charge in [0, 0.05) is 18.4 Å². The van der Waals surface area contributed by atoms with Gasteiger partial charge in [0.1, 0.15) is 17.3 Å². The Morgan fingerprint density at radius 2 is 2.17 bits per heavy atom. The lowest BCUT2D eigenvalue weighted by Crippen LogP contribution is -2.03. The maximum absolute atomic E-state index is 9.55. The number of phenolic OH excluding ortho intramolecular Hbond substituents is 1. The molecule has 0 saturated heterocycles. The van der Waals surface area contributed by atoms with Crippen LogP contribution in [0, 0.1) is 5.92 Å². The molecular weight excluding hydrogens is 228 g/mol. The number of hydrogen-bond acceptors (Lipinski definition) is 3. The van der Waals surface area contributed by atoms with Gasteiger partial charge in [-0.15, -0.1) is 0 Å². The minimum atomic E-state index is 0.104. The van der Waals surface area contributed by atoms with Crippen LogP contribution in [0.4, 0.5) is 0 Å². The third kappa shape index (κ3) is 3.17. The predicted octanol–water partition coefficient (Wildman–Crippen LogP) is 3.40. The Bertz CT molecular complexity index is 512. The number of aliphatic hydroxyl groups is 1. The molecule has 18 heavy (non-hydrogen) atoms. The zero-order valence-corrected chi connectivity index (χ0v) is 10.2. The van der Waals surface area contributed by atoms with E-state index in [2.05, 4.69) is 0 Å². The lowest BCUT2D eigenvalue weighted by Gasteiger charge is -2.15. The minimum Gasteiger partial charge on any atom is -0.508 e. The summed E-state index contributed by atoms with van der Waals surface area (Å²) in [5.74, 6) is 1.34. The fraction of sp³-hybridized carbons (Fsp3) is 0.200. The molecule has 1 unspecified atom stereocenters. The number of allylic oxidation sites excluding steroid dienone is 4. The van der Waals surface area contributed by atoms with Gasteiger partial charge in [0.2, 0.25) is 0 Å². The molecule has 0 bridgehead atoms. The van der Waals surface area contributed by atoms with Crippen molar-refractivity contribution < 1.29 is 14.9 Å². The molecule has 3 nitrogen and oxygen atoms in total. The second-order valence-corrected chi connectivity index (χ2v) is 4.23. The molecule has 2 rings (SSSR count). The van der Waals surface area contributed by atoms with Gasteiger partial charge in [-0.2, -0.15) is 0 Å². The average molecular weight is 244 g/mol. The van der Waals surface area contributed by atoms with Crippen LogP contribution in [0.5, 0.6) is 5.75 Å². The maximum Gasteiger partial charge on any atom is 0.116 e. The van der Waals surface area contributed by atoms with Gasteiger partial charge in [-0.05, 0) is 23.8 Å². The smallest absolute Gasteiger partial charge is 0.116 e.